The lowest BCUT2D eigenvalue weighted by molar-refractivity contribution is -0.132. The van der Waals surface area contributed by atoms with E-state index < -0.39 is 0 Å². The number of nitrogens with one attached hydrogen (secondary N) is 2. The Labute approximate surface area is 120 Å². The molecule has 1 heterocycles. The van der Waals surface area contributed by atoms with Crippen molar-refractivity contribution in [1.82, 2.24) is 20.4 Å². The Morgan fingerprint density at radius 3 is 2.50 bits per heavy atom. The summed E-state index contributed by atoms with van der Waals surface area (Å²) < 4.78 is 0. The summed E-state index contributed by atoms with van der Waals surface area (Å²) in [4.78, 5) is 27.5. The van der Waals surface area contributed by atoms with E-state index in [-0.39, 0.29) is 11.8 Å². The molecular formula is C14H24N4O2. The molecule has 0 unspecified atom stereocenters. The Balaban J connectivity index is 1.62. The molecule has 20 heavy (non-hydrogen) atoms. The largest absolute Gasteiger partial charge is 0.352 e. The molecule has 1 saturated carbocycles. The Morgan fingerprint density at radius 1 is 1.20 bits per heavy atom. The van der Waals surface area contributed by atoms with Crippen LogP contribution < -0.4 is 10.6 Å². The predicted molar refractivity (Wildman–Crippen MR) is 77.3 cm³/mol. The van der Waals surface area contributed by atoms with Crippen LogP contribution in [0, 0.1) is 0 Å². The maximum atomic E-state index is 12.0. The van der Waals surface area contributed by atoms with Gasteiger partial charge in [0.1, 0.15) is 0 Å². The van der Waals surface area contributed by atoms with Gasteiger partial charge in [-0.3, -0.25) is 14.5 Å². The SMILES string of the molecule is C=CCNC(=O)CN1CCN(C(=O)CNC2CC2)CC1. The second kappa shape index (κ2) is 7.40. The van der Waals surface area contributed by atoms with Crippen molar-refractivity contribution >= 4 is 11.8 Å². The lowest BCUT2D eigenvalue weighted by Gasteiger charge is -2.34. The van der Waals surface area contributed by atoms with Gasteiger partial charge in [0.25, 0.3) is 0 Å². The van der Waals surface area contributed by atoms with Gasteiger partial charge in [-0.1, -0.05) is 6.08 Å². The third kappa shape index (κ3) is 4.94. The lowest BCUT2D eigenvalue weighted by Crippen LogP contribution is -2.52. The molecule has 2 N–H and O–H groups in total. The molecule has 0 aromatic heterocycles. The normalized spacial score (nSPS) is 19.7. The van der Waals surface area contributed by atoms with Gasteiger partial charge in [-0.15, -0.1) is 6.58 Å². The molecule has 0 radical (unpaired) electrons. The molecule has 0 bridgehead atoms. The zero-order valence-corrected chi connectivity index (χ0v) is 11.9. The molecule has 6 heteroatoms. The second-order valence-electron chi connectivity index (χ2n) is 5.40. The highest BCUT2D eigenvalue weighted by atomic mass is 16.2. The van der Waals surface area contributed by atoms with Crippen LogP contribution in [-0.4, -0.2) is 73.5 Å². The molecule has 2 aliphatic rings. The van der Waals surface area contributed by atoms with Crippen molar-refractivity contribution in [3.05, 3.63) is 12.7 Å². The molecule has 2 rings (SSSR count). The topological polar surface area (TPSA) is 64.7 Å². The number of amides is 2. The number of carbonyl (C=O) groups excluding carboxylic acids is 2. The fourth-order valence-corrected chi connectivity index (χ4v) is 2.23. The number of hydrogen-bond acceptors (Lipinski definition) is 4. The summed E-state index contributed by atoms with van der Waals surface area (Å²) in [6.07, 6.45) is 4.06. The second-order valence-corrected chi connectivity index (χ2v) is 5.40. The highest BCUT2D eigenvalue weighted by molar-refractivity contribution is 5.79. The average Bonchev–Trinajstić information content (AvgIpc) is 3.27. The van der Waals surface area contributed by atoms with Gasteiger partial charge < -0.3 is 15.5 Å². The molecule has 0 atom stereocenters. The summed E-state index contributed by atoms with van der Waals surface area (Å²) in [6, 6.07) is 0.564. The van der Waals surface area contributed by atoms with E-state index in [1.165, 1.54) is 12.8 Å². The maximum Gasteiger partial charge on any atom is 0.236 e. The highest BCUT2D eigenvalue weighted by Crippen LogP contribution is 2.18. The number of carbonyl (C=O) groups is 2. The van der Waals surface area contributed by atoms with E-state index in [0.29, 0.717) is 38.8 Å². The molecule has 1 aliphatic carbocycles. The van der Waals surface area contributed by atoms with E-state index in [2.05, 4.69) is 22.1 Å². The standard InChI is InChI=1S/C14H24N4O2/c1-2-5-15-13(19)11-17-6-8-18(9-7-17)14(20)10-16-12-3-4-12/h2,12,16H,1,3-11H2,(H,15,19). The van der Waals surface area contributed by atoms with Gasteiger partial charge in [0, 0.05) is 38.8 Å². The van der Waals surface area contributed by atoms with Gasteiger partial charge >= 0.3 is 0 Å². The predicted octanol–water partition coefficient (Wildman–Crippen LogP) is -0.815. The summed E-state index contributed by atoms with van der Waals surface area (Å²) in [7, 11) is 0. The van der Waals surface area contributed by atoms with E-state index >= 15 is 0 Å². The van der Waals surface area contributed by atoms with Crippen LogP contribution in [0.4, 0.5) is 0 Å². The van der Waals surface area contributed by atoms with Crippen molar-refractivity contribution in [3.63, 3.8) is 0 Å². The summed E-state index contributed by atoms with van der Waals surface area (Å²) in [5.41, 5.74) is 0. The number of nitrogens with zero attached hydrogens (tertiary/aromatic N) is 2. The molecule has 0 aromatic carbocycles. The van der Waals surface area contributed by atoms with Crippen LogP contribution in [0.5, 0.6) is 0 Å². The first-order valence-electron chi connectivity index (χ1n) is 7.30. The van der Waals surface area contributed by atoms with Crippen LogP contribution >= 0.6 is 0 Å². The van der Waals surface area contributed by atoms with Gasteiger partial charge in [-0.05, 0) is 12.8 Å². The van der Waals surface area contributed by atoms with Gasteiger partial charge in [-0.2, -0.15) is 0 Å². The first kappa shape index (κ1) is 15.0. The van der Waals surface area contributed by atoms with E-state index in [0.717, 1.165) is 13.1 Å². The fraction of sp³-hybridized carbons (Fsp3) is 0.714. The average molecular weight is 280 g/mol. The van der Waals surface area contributed by atoms with Crippen molar-refractivity contribution in [2.75, 3.05) is 45.8 Å². The summed E-state index contributed by atoms with van der Waals surface area (Å²) in [5.74, 6) is 0.188. The summed E-state index contributed by atoms with van der Waals surface area (Å²) in [6.45, 7) is 7.85. The van der Waals surface area contributed by atoms with Gasteiger partial charge in [0.15, 0.2) is 0 Å². The van der Waals surface area contributed by atoms with Crippen molar-refractivity contribution in [2.24, 2.45) is 0 Å². The molecule has 1 aliphatic heterocycles. The van der Waals surface area contributed by atoms with Crippen molar-refractivity contribution in [3.8, 4) is 0 Å². The minimum absolute atomic E-state index is 0.0140. The van der Waals surface area contributed by atoms with Crippen LogP contribution in [-0.2, 0) is 9.59 Å². The zero-order chi connectivity index (χ0) is 14.4. The van der Waals surface area contributed by atoms with Gasteiger partial charge in [0.05, 0.1) is 13.1 Å². The number of piperazine rings is 1. The quantitative estimate of drug-likeness (QED) is 0.598. The summed E-state index contributed by atoms with van der Waals surface area (Å²) in [5, 5.41) is 6.01. The fourth-order valence-electron chi connectivity index (χ4n) is 2.23. The van der Waals surface area contributed by atoms with E-state index in [4.69, 9.17) is 0 Å². The third-order valence-corrected chi connectivity index (χ3v) is 3.66. The molecule has 0 spiro atoms. The molecule has 6 nitrogen and oxygen atoms in total. The van der Waals surface area contributed by atoms with Crippen molar-refractivity contribution < 1.29 is 9.59 Å². The van der Waals surface area contributed by atoms with Crippen molar-refractivity contribution in [2.45, 2.75) is 18.9 Å². The lowest BCUT2D eigenvalue weighted by atomic mass is 10.3. The highest BCUT2D eigenvalue weighted by Gasteiger charge is 2.25. The molecule has 112 valence electrons. The van der Waals surface area contributed by atoms with E-state index in [1.807, 2.05) is 4.90 Å². The van der Waals surface area contributed by atoms with E-state index in [9.17, 15) is 9.59 Å². The number of hydrogen-bond donors (Lipinski definition) is 2. The smallest absolute Gasteiger partial charge is 0.236 e. The minimum atomic E-state index is 0.0140. The zero-order valence-electron chi connectivity index (χ0n) is 11.9. The summed E-state index contributed by atoms with van der Waals surface area (Å²) >= 11 is 0. The van der Waals surface area contributed by atoms with Crippen LogP contribution in [0.1, 0.15) is 12.8 Å². The molecular weight excluding hydrogens is 256 g/mol. The molecule has 0 aromatic rings. The Kier molecular flexibility index (Phi) is 5.55. The maximum absolute atomic E-state index is 12.0. The molecule has 2 amide bonds. The van der Waals surface area contributed by atoms with Crippen LogP contribution in [0.25, 0.3) is 0 Å². The van der Waals surface area contributed by atoms with Crippen LogP contribution in [0.15, 0.2) is 12.7 Å². The molecule has 1 saturated heterocycles. The Bertz CT molecular complexity index is 360. The first-order valence-corrected chi connectivity index (χ1v) is 7.30. The monoisotopic (exact) mass is 280 g/mol. The van der Waals surface area contributed by atoms with Crippen molar-refractivity contribution in [1.29, 1.82) is 0 Å². The Morgan fingerprint density at radius 2 is 1.90 bits per heavy atom. The minimum Gasteiger partial charge on any atom is -0.352 e. The third-order valence-electron chi connectivity index (χ3n) is 3.66. The van der Waals surface area contributed by atoms with Crippen LogP contribution in [0.2, 0.25) is 0 Å². The van der Waals surface area contributed by atoms with E-state index in [1.54, 1.807) is 6.08 Å². The Hall–Kier alpha value is -1.40. The first-order chi connectivity index (χ1) is 9.69. The van der Waals surface area contributed by atoms with Crippen LogP contribution in [0.3, 0.4) is 0 Å². The van der Waals surface area contributed by atoms with Gasteiger partial charge in [0.2, 0.25) is 11.8 Å². The van der Waals surface area contributed by atoms with Gasteiger partial charge in [-0.25, -0.2) is 0 Å². The number of rotatable bonds is 7. The molecule has 2 fully saturated rings.